The summed E-state index contributed by atoms with van der Waals surface area (Å²) in [6.45, 7) is 0. The molecule has 0 aliphatic carbocycles. The van der Waals surface area contributed by atoms with Gasteiger partial charge in [0.2, 0.25) is 17.8 Å². The van der Waals surface area contributed by atoms with Crippen LogP contribution in [0.1, 0.15) is 0 Å². The normalized spacial score (nSPS) is 11.6. The summed E-state index contributed by atoms with van der Waals surface area (Å²) in [5.41, 5.74) is 15.3. The lowest BCUT2D eigenvalue weighted by atomic mass is 10.1. The Morgan fingerprint density at radius 2 is 0.381 bits per heavy atom. The molecule has 0 N–H and O–H groups in total. The summed E-state index contributed by atoms with van der Waals surface area (Å²) in [4.78, 5) is 23.9. The minimum absolute atomic E-state index is 0.487. The van der Waals surface area contributed by atoms with E-state index in [2.05, 4.69) is 338 Å². The fourth-order valence-corrected chi connectivity index (χ4v) is 12.4. The maximum absolute atomic E-state index is 5.66. The molecule has 0 bridgehead atoms. The molecule has 12 aromatic carbocycles. The Kier molecular flexibility index (Phi) is 11.6. The Morgan fingerprint density at radius 1 is 0.179 bits per heavy atom. The van der Waals surface area contributed by atoms with Gasteiger partial charge in [-0.05, 0) is 146 Å². The van der Waals surface area contributed by atoms with Crippen LogP contribution in [0.5, 0.6) is 0 Å². The second-order valence-corrected chi connectivity index (χ2v) is 20.9. The van der Waals surface area contributed by atoms with Gasteiger partial charge in [-0.2, -0.15) is 15.0 Å². The van der Waals surface area contributed by atoms with Crippen LogP contribution < -0.4 is 14.7 Å². The van der Waals surface area contributed by atoms with Gasteiger partial charge in [-0.25, -0.2) is 0 Å². The van der Waals surface area contributed by atoms with E-state index in [0.717, 1.165) is 117 Å². The van der Waals surface area contributed by atoms with Crippen LogP contribution in [0.4, 0.5) is 51.2 Å². The van der Waals surface area contributed by atoms with Crippen molar-refractivity contribution in [1.29, 1.82) is 0 Å². The van der Waals surface area contributed by atoms with Crippen LogP contribution in [0.3, 0.4) is 0 Å². The number of hydrogen-bond donors (Lipinski definition) is 0. The number of fused-ring (bicyclic) bond motifs is 9. The SMILES string of the molecule is c1ccc(N(c2ccccc2)c2ccc3c(c2)c2ccccc2n3-c2nc(-n3c4ccccc4c4cc(N(c5ccccc5)c5ccccc5)ccc43)nc(-n3c4ccccc4c4cc(N(c5ccccc5)c5ccccc5)ccc43)n2)cc1. The van der Waals surface area contributed by atoms with E-state index in [9.17, 15) is 0 Å². The highest BCUT2D eigenvalue weighted by Gasteiger charge is 2.26. The molecule has 9 heteroatoms. The maximum Gasteiger partial charge on any atom is 0.241 e. The summed E-state index contributed by atoms with van der Waals surface area (Å²) >= 11 is 0. The molecular formula is C75H51N9. The van der Waals surface area contributed by atoms with E-state index in [1.54, 1.807) is 0 Å². The van der Waals surface area contributed by atoms with Gasteiger partial charge in [0.1, 0.15) is 0 Å². The van der Waals surface area contributed by atoms with E-state index in [4.69, 9.17) is 15.0 Å². The van der Waals surface area contributed by atoms with Gasteiger partial charge in [-0.3, -0.25) is 13.7 Å². The smallest absolute Gasteiger partial charge is 0.241 e. The highest BCUT2D eigenvalue weighted by atomic mass is 15.3. The Morgan fingerprint density at radius 3 is 0.619 bits per heavy atom. The molecule has 4 heterocycles. The molecule has 0 spiro atoms. The van der Waals surface area contributed by atoms with Crippen molar-refractivity contribution in [3.8, 4) is 17.8 Å². The summed E-state index contributed by atoms with van der Waals surface area (Å²) in [6.07, 6.45) is 0. The molecule has 16 aromatic rings. The summed E-state index contributed by atoms with van der Waals surface area (Å²) in [6, 6.07) is 109. The predicted molar refractivity (Wildman–Crippen MR) is 347 cm³/mol. The Labute approximate surface area is 484 Å². The first-order chi connectivity index (χ1) is 41.7. The van der Waals surface area contributed by atoms with Gasteiger partial charge in [0.05, 0.1) is 33.1 Å². The number of aromatic nitrogens is 6. The van der Waals surface area contributed by atoms with Crippen LogP contribution in [-0.4, -0.2) is 28.7 Å². The van der Waals surface area contributed by atoms with Crippen LogP contribution in [-0.2, 0) is 0 Å². The molecule has 396 valence electrons. The second kappa shape index (κ2) is 20.2. The molecule has 0 amide bonds. The lowest BCUT2D eigenvalue weighted by Crippen LogP contribution is -2.13. The molecule has 16 rings (SSSR count). The third-order valence-electron chi connectivity index (χ3n) is 16.0. The second-order valence-electron chi connectivity index (χ2n) is 20.9. The molecule has 84 heavy (non-hydrogen) atoms. The number of benzene rings is 12. The first kappa shape index (κ1) is 48.4. The fraction of sp³-hybridized carbons (Fsp3) is 0. The van der Waals surface area contributed by atoms with Gasteiger partial charge < -0.3 is 14.7 Å². The largest absolute Gasteiger partial charge is 0.310 e. The molecule has 0 atom stereocenters. The first-order valence-corrected chi connectivity index (χ1v) is 28.3. The van der Waals surface area contributed by atoms with Crippen LogP contribution >= 0.6 is 0 Å². The molecule has 4 aromatic heterocycles. The van der Waals surface area contributed by atoms with E-state index < -0.39 is 0 Å². The zero-order valence-corrected chi connectivity index (χ0v) is 45.5. The number of anilines is 9. The minimum atomic E-state index is 0.487. The lowest BCUT2D eigenvalue weighted by molar-refractivity contribution is 0.848. The van der Waals surface area contributed by atoms with Crippen molar-refractivity contribution in [3.05, 3.63) is 309 Å². The summed E-state index contributed by atoms with van der Waals surface area (Å²) in [5, 5.41) is 6.45. The number of hydrogen-bond acceptors (Lipinski definition) is 6. The molecule has 0 fully saturated rings. The van der Waals surface area contributed by atoms with Gasteiger partial charge in [-0.15, -0.1) is 0 Å². The van der Waals surface area contributed by atoms with Gasteiger partial charge in [-0.1, -0.05) is 164 Å². The zero-order chi connectivity index (χ0) is 55.5. The maximum atomic E-state index is 5.66. The quantitative estimate of drug-likeness (QED) is 0.121. The molecule has 9 nitrogen and oxygen atoms in total. The van der Waals surface area contributed by atoms with E-state index in [1.165, 1.54) is 0 Å². The predicted octanol–water partition coefficient (Wildman–Crippen LogP) is 19.6. The van der Waals surface area contributed by atoms with Crippen LogP contribution in [0, 0.1) is 0 Å². The zero-order valence-electron chi connectivity index (χ0n) is 45.5. The highest BCUT2D eigenvalue weighted by Crippen LogP contribution is 2.44. The van der Waals surface area contributed by atoms with E-state index in [-0.39, 0.29) is 0 Å². The van der Waals surface area contributed by atoms with Gasteiger partial charge >= 0.3 is 0 Å². The molecular weight excluding hydrogens is 1030 g/mol. The number of rotatable bonds is 12. The molecule has 0 saturated heterocycles. The highest BCUT2D eigenvalue weighted by molar-refractivity contribution is 6.13. The van der Waals surface area contributed by atoms with Crippen molar-refractivity contribution >= 4 is 117 Å². The summed E-state index contributed by atoms with van der Waals surface area (Å²) in [5.74, 6) is 1.46. The molecule has 0 saturated carbocycles. The van der Waals surface area contributed by atoms with Crippen molar-refractivity contribution < 1.29 is 0 Å². The minimum Gasteiger partial charge on any atom is -0.310 e. The topological polar surface area (TPSA) is 63.2 Å². The fourth-order valence-electron chi connectivity index (χ4n) is 12.4. The third-order valence-corrected chi connectivity index (χ3v) is 16.0. The molecule has 0 aliphatic rings. The Bertz CT molecular complexity index is 4440. The van der Waals surface area contributed by atoms with Crippen molar-refractivity contribution in [3.63, 3.8) is 0 Å². The summed E-state index contributed by atoms with van der Waals surface area (Å²) in [7, 11) is 0. The van der Waals surface area contributed by atoms with Crippen molar-refractivity contribution in [2.75, 3.05) is 14.7 Å². The lowest BCUT2D eigenvalue weighted by Gasteiger charge is -2.25. The molecule has 0 unspecified atom stereocenters. The molecule has 0 aliphatic heterocycles. The van der Waals surface area contributed by atoms with Crippen molar-refractivity contribution in [2.24, 2.45) is 0 Å². The van der Waals surface area contributed by atoms with Crippen LogP contribution in [0.15, 0.2) is 309 Å². The van der Waals surface area contributed by atoms with E-state index in [1.807, 2.05) is 0 Å². The van der Waals surface area contributed by atoms with Gasteiger partial charge in [0.25, 0.3) is 0 Å². The van der Waals surface area contributed by atoms with E-state index >= 15 is 0 Å². The third kappa shape index (κ3) is 8.13. The number of nitrogens with zero attached hydrogens (tertiary/aromatic N) is 9. The molecule has 0 radical (unpaired) electrons. The Hall–Kier alpha value is -11.6. The van der Waals surface area contributed by atoms with Gasteiger partial charge in [0.15, 0.2) is 0 Å². The van der Waals surface area contributed by atoms with E-state index in [0.29, 0.717) is 17.8 Å². The average molecular weight is 1080 g/mol. The van der Waals surface area contributed by atoms with Crippen LogP contribution in [0.25, 0.3) is 83.3 Å². The number of para-hydroxylation sites is 9. The van der Waals surface area contributed by atoms with Gasteiger partial charge in [0, 0.05) is 83.5 Å². The van der Waals surface area contributed by atoms with Crippen LogP contribution in [0.2, 0.25) is 0 Å². The van der Waals surface area contributed by atoms with Crippen molar-refractivity contribution in [2.45, 2.75) is 0 Å². The Balaban J connectivity index is 0.953. The average Bonchev–Trinajstić information content (AvgIpc) is 2.15. The summed E-state index contributed by atoms with van der Waals surface area (Å²) < 4.78 is 6.64. The standard InChI is InChI=1S/C75H51N9/c1-7-25-52(26-8-1)79(53-27-9-2-10-28-53)58-43-46-70-64(49-58)61-37-19-22-40-67(61)82(70)73-76-74(83-68-41-23-20-38-62(68)65-50-59(44-47-71(65)83)80(54-29-11-3-12-30-54)55-31-13-4-14-32-55)78-75(77-73)84-69-42-24-21-39-63(69)66-51-60(45-48-72(66)84)81(56-33-15-5-16-34-56)57-35-17-6-18-36-57/h1-51H. The first-order valence-electron chi connectivity index (χ1n) is 28.3. The van der Waals surface area contributed by atoms with Crippen molar-refractivity contribution in [1.82, 2.24) is 28.7 Å². The monoisotopic (exact) mass is 1080 g/mol.